The van der Waals surface area contributed by atoms with Crippen molar-refractivity contribution >= 4 is 17.7 Å². The third-order valence-corrected chi connectivity index (χ3v) is 6.47. The molecule has 150 valence electrons. The van der Waals surface area contributed by atoms with Gasteiger partial charge in [0.1, 0.15) is 10.8 Å². The Balaban J connectivity index is 1.47. The Labute approximate surface area is 171 Å². The molecule has 2 unspecified atom stereocenters. The lowest BCUT2D eigenvalue weighted by Crippen LogP contribution is -2.31. The first-order valence-corrected chi connectivity index (χ1v) is 11.2. The Morgan fingerprint density at radius 2 is 2.07 bits per heavy atom. The number of carbonyl (C=O) groups excluding carboxylic acids is 1. The molecule has 2 atom stereocenters. The van der Waals surface area contributed by atoms with Crippen molar-refractivity contribution in [2.45, 2.75) is 50.5 Å². The summed E-state index contributed by atoms with van der Waals surface area (Å²) in [6.07, 6.45) is 8.58. The van der Waals surface area contributed by atoms with Crippen LogP contribution in [0.4, 0.5) is 4.39 Å². The number of aromatic nitrogens is 1. The lowest BCUT2D eigenvalue weighted by Gasteiger charge is -2.26. The van der Waals surface area contributed by atoms with Gasteiger partial charge in [0.05, 0.1) is 5.56 Å². The van der Waals surface area contributed by atoms with Crippen molar-refractivity contribution in [3.8, 4) is 0 Å². The maximum Gasteiger partial charge on any atom is 0.254 e. The maximum atomic E-state index is 13.0. The SMILES string of the molecule is CC1CCCC(CNC(=O)c2cccnc2SCCCc2ccc(F)cc2)C1. The molecule has 0 bridgehead atoms. The molecule has 28 heavy (non-hydrogen) atoms. The molecule has 1 saturated carbocycles. The number of rotatable bonds is 8. The zero-order valence-electron chi connectivity index (χ0n) is 16.5. The number of carbonyl (C=O) groups is 1. The molecule has 1 aliphatic rings. The van der Waals surface area contributed by atoms with Gasteiger partial charge in [0.25, 0.3) is 5.91 Å². The Hall–Kier alpha value is -1.88. The number of pyridine rings is 1. The van der Waals surface area contributed by atoms with Crippen LogP contribution in [0.2, 0.25) is 0 Å². The molecule has 0 saturated heterocycles. The molecule has 1 amide bonds. The summed E-state index contributed by atoms with van der Waals surface area (Å²) < 4.78 is 13.0. The van der Waals surface area contributed by atoms with Crippen LogP contribution in [0, 0.1) is 17.7 Å². The highest BCUT2D eigenvalue weighted by atomic mass is 32.2. The van der Waals surface area contributed by atoms with E-state index in [1.165, 1.54) is 37.8 Å². The van der Waals surface area contributed by atoms with Gasteiger partial charge < -0.3 is 5.32 Å². The van der Waals surface area contributed by atoms with Crippen molar-refractivity contribution in [3.05, 3.63) is 59.5 Å². The summed E-state index contributed by atoms with van der Waals surface area (Å²) in [4.78, 5) is 17.1. The normalized spacial score (nSPS) is 19.4. The summed E-state index contributed by atoms with van der Waals surface area (Å²) in [6, 6.07) is 10.3. The van der Waals surface area contributed by atoms with Crippen molar-refractivity contribution in [3.63, 3.8) is 0 Å². The molecule has 1 aliphatic carbocycles. The van der Waals surface area contributed by atoms with Gasteiger partial charge in [0.15, 0.2) is 0 Å². The number of nitrogens with zero attached hydrogens (tertiary/aromatic N) is 1. The minimum Gasteiger partial charge on any atom is -0.352 e. The summed E-state index contributed by atoms with van der Waals surface area (Å²) in [5.74, 6) is 2.00. The van der Waals surface area contributed by atoms with E-state index in [1.54, 1.807) is 18.0 Å². The van der Waals surface area contributed by atoms with Crippen LogP contribution >= 0.6 is 11.8 Å². The minimum absolute atomic E-state index is 0.0210. The molecule has 1 N–H and O–H groups in total. The number of halogens is 1. The van der Waals surface area contributed by atoms with Crippen molar-refractivity contribution in [1.29, 1.82) is 0 Å². The van der Waals surface area contributed by atoms with Gasteiger partial charge in [-0.2, -0.15) is 0 Å². The maximum absolute atomic E-state index is 13.0. The first-order valence-electron chi connectivity index (χ1n) is 10.2. The highest BCUT2D eigenvalue weighted by Crippen LogP contribution is 2.28. The number of hydrogen-bond acceptors (Lipinski definition) is 3. The number of benzene rings is 1. The Kier molecular flexibility index (Phi) is 7.90. The smallest absolute Gasteiger partial charge is 0.254 e. The van der Waals surface area contributed by atoms with E-state index in [1.807, 2.05) is 24.3 Å². The van der Waals surface area contributed by atoms with Crippen LogP contribution in [-0.4, -0.2) is 23.2 Å². The van der Waals surface area contributed by atoms with Crippen molar-refractivity contribution in [2.24, 2.45) is 11.8 Å². The van der Waals surface area contributed by atoms with Crippen molar-refractivity contribution in [2.75, 3.05) is 12.3 Å². The van der Waals surface area contributed by atoms with Crippen LogP contribution in [0.1, 0.15) is 54.9 Å². The second-order valence-electron chi connectivity index (χ2n) is 7.78. The van der Waals surface area contributed by atoms with Crippen LogP contribution in [0.3, 0.4) is 0 Å². The minimum atomic E-state index is -0.204. The molecule has 0 aliphatic heterocycles. The van der Waals surface area contributed by atoms with Crippen LogP contribution in [0.15, 0.2) is 47.6 Å². The molecule has 3 nitrogen and oxygen atoms in total. The Bertz CT molecular complexity index is 765. The van der Waals surface area contributed by atoms with Gasteiger partial charge >= 0.3 is 0 Å². The van der Waals surface area contributed by atoms with E-state index in [0.29, 0.717) is 11.5 Å². The molecule has 0 spiro atoms. The van der Waals surface area contributed by atoms with Gasteiger partial charge in [-0.3, -0.25) is 4.79 Å². The number of thioether (sulfide) groups is 1. The molecular weight excluding hydrogens is 371 g/mol. The van der Waals surface area contributed by atoms with E-state index < -0.39 is 0 Å². The zero-order chi connectivity index (χ0) is 19.8. The Morgan fingerprint density at radius 3 is 2.86 bits per heavy atom. The number of nitrogens with one attached hydrogen (secondary N) is 1. The highest BCUT2D eigenvalue weighted by molar-refractivity contribution is 7.99. The fourth-order valence-electron chi connectivity index (χ4n) is 3.85. The second-order valence-corrected chi connectivity index (χ2v) is 8.87. The number of amides is 1. The summed E-state index contributed by atoms with van der Waals surface area (Å²) >= 11 is 1.61. The highest BCUT2D eigenvalue weighted by Gasteiger charge is 2.20. The molecule has 1 heterocycles. The van der Waals surface area contributed by atoms with Gasteiger partial charge in [-0.05, 0) is 73.1 Å². The topological polar surface area (TPSA) is 42.0 Å². The average Bonchev–Trinajstić information content (AvgIpc) is 2.71. The molecule has 3 rings (SSSR count). The van der Waals surface area contributed by atoms with Gasteiger partial charge in [-0.1, -0.05) is 31.9 Å². The van der Waals surface area contributed by atoms with Crippen LogP contribution in [0.25, 0.3) is 0 Å². The fourth-order valence-corrected chi connectivity index (χ4v) is 4.79. The monoisotopic (exact) mass is 400 g/mol. The Morgan fingerprint density at radius 1 is 1.25 bits per heavy atom. The summed E-state index contributed by atoms with van der Waals surface area (Å²) in [7, 11) is 0. The first-order chi connectivity index (χ1) is 13.6. The van der Waals surface area contributed by atoms with E-state index in [2.05, 4.69) is 17.2 Å². The van der Waals surface area contributed by atoms with Crippen molar-refractivity contribution < 1.29 is 9.18 Å². The van der Waals surface area contributed by atoms with Crippen LogP contribution < -0.4 is 5.32 Å². The third-order valence-electron chi connectivity index (χ3n) is 5.37. The third kappa shape index (κ3) is 6.33. The quantitative estimate of drug-likeness (QED) is 0.470. The molecule has 1 aromatic carbocycles. The number of hydrogen-bond donors (Lipinski definition) is 1. The summed E-state index contributed by atoms with van der Waals surface area (Å²) in [5.41, 5.74) is 1.79. The largest absolute Gasteiger partial charge is 0.352 e. The lowest BCUT2D eigenvalue weighted by atomic mass is 9.82. The van der Waals surface area contributed by atoms with Crippen LogP contribution in [-0.2, 0) is 6.42 Å². The molecule has 1 aromatic heterocycles. The van der Waals surface area contributed by atoms with E-state index in [0.717, 1.165) is 41.6 Å². The van der Waals surface area contributed by atoms with Gasteiger partial charge in [-0.15, -0.1) is 11.8 Å². The van der Waals surface area contributed by atoms with E-state index in [-0.39, 0.29) is 11.7 Å². The number of aryl methyl sites for hydroxylation is 1. The van der Waals surface area contributed by atoms with Crippen LogP contribution in [0.5, 0.6) is 0 Å². The molecule has 2 aromatic rings. The summed E-state index contributed by atoms with van der Waals surface area (Å²) in [5, 5.41) is 3.91. The van der Waals surface area contributed by atoms with Gasteiger partial charge in [-0.25, -0.2) is 9.37 Å². The molecule has 5 heteroatoms. The summed E-state index contributed by atoms with van der Waals surface area (Å²) in [6.45, 7) is 3.06. The molecular formula is C23H29FN2OS. The molecule has 1 fully saturated rings. The first kappa shape index (κ1) is 20.8. The van der Waals surface area contributed by atoms with Gasteiger partial charge in [0.2, 0.25) is 0 Å². The van der Waals surface area contributed by atoms with E-state index in [9.17, 15) is 9.18 Å². The van der Waals surface area contributed by atoms with E-state index in [4.69, 9.17) is 0 Å². The second kappa shape index (κ2) is 10.6. The lowest BCUT2D eigenvalue weighted by molar-refractivity contribution is 0.0937. The standard InChI is InChI=1S/C23H29FN2OS/c1-17-5-2-6-19(15-17)16-26-22(27)21-8-3-13-25-23(21)28-14-4-7-18-9-11-20(24)12-10-18/h3,8-13,17,19H,2,4-7,14-16H2,1H3,(H,26,27). The predicted molar refractivity (Wildman–Crippen MR) is 113 cm³/mol. The fraction of sp³-hybridized carbons (Fsp3) is 0.478. The van der Waals surface area contributed by atoms with Gasteiger partial charge in [0, 0.05) is 12.7 Å². The van der Waals surface area contributed by atoms with E-state index >= 15 is 0 Å². The zero-order valence-corrected chi connectivity index (χ0v) is 17.3. The van der Waals surface area contributed by atoms with Crippen molar-refractivity contribution in [1.82, 2.24) is 10.3 Å². The average molecular weight is 401 g/mol. The predicted octanol–water partition coefficient (Wildman–Crippen LogP) is 5.50. The molecule has 0 radical (unpaired) electrons.